The van der Waals surface area contributed by atoms with E-state index in [0.717, 1.165) is 30.1 Å². The summed E-state index contributed by atoms with van der Waals surface area (Å²) < 4.78 is 55.6. The van der Waals surface area contributed by atoms with Gasteiger partial charge in [0.2, 0.25) is 11.8 Å². The maximum absolute atomic E-state index is 14.6. The largest absolute Gasteiger partial charge is 0.449 e. The predicted molar refractivity (Wildman–Crippen MR) is 129 cm³/mol. The first-order chi connectivity index (χ1) is 16.5. The first-order valence-electron chi connectivity index (χ1n) is 11.1. The highest BCUT2D eigenvalue weighted by molar-refractivity contribution is 5.94. The molecular formula is C23H26ClF4N7O. The molecule has 1 aromatic carbocycles. The lowest BCUT2D eigenvalue weighted by atomic mass is 10.1. The van der Waals surface area contributed by atoms with Gasteiger partial charge in [-0.05, 0) is 45.2 Å². The van der Waals surface area contributed by atoms with Crippen LogP contribution in [-0.2, 0) is 6.18 Å². The van der Waals surface area contributed by atoms with Crippen LogP contribution in [0.1, 0.15) is 36.1 Å². The zero-order valence-corrected chi connectivity index (χ0v) is 20.7. The van der Waals surface area contributed by atoms with E-state index in [1.807, 2.05) is 7.05 Å². The zero-order valence-electron chi connectivity index (χ0n) is 19.9. The van der Waals surface area contributed by atoms with Crippen LogP contribution in [0.5, 0.6) is 0 Å². The number of rotatable bonds is 5. The summed E-state index contributed by atoms with van der Waals surface area (Å²) in [6, 6.07) is 6.01. The maximum Gasteiger partial charge on any atom is 0.449 e. The van der Waals surface area contributed by atoms with Gasteiger partial charge in [-0.2, -0.15) is 13.2 Å². The Morgan fingerprint density at radius 3 is 2.25 bits per heavy atom. The minimum Gasteiger partial charge on any atom is -0.336 e. The molecular weight excluding hydrogens is 502 g/mol. The van der Waals surface area contributed by atoms with Crippen molar-refractivity contribution in [2.45, 2.75) is 26.1 Å². The van der Waals surface area contributed by atoms with E-state index in [4.69, 9.17) is 0 Å². The molecule has 1 amide bonds. The molecule has 1 N–H and O–H groups in total. The molecule has 0 atom stereocenters. The molecule has 194 valence electrons. The van der Waals surface area contributed by atoms with Crippen LogP contribution in [0.3, 0.4) is 0 Å². The Morgan fingerprint density at radius 2 is 1.67 bits per heavy atom. The van der Waals surface area contributed by atoms with Crippen molar-refractivity contribution >= 4 is 29.9 Å². The van der Waals surface area contributed by atoms with Crippen molar-refractivity contribution in [2.75, 3.05) is 38.5 Å². The van der Waals surface area contributed by atoms with Crippen LogP contribution in [0.25, 0.3) is 11.4 Å². The van der Waals surface area contributed by atoms with Crippen LogP contribution in [0.4, 0.5) is 29.2 Å². The van der Waals surface area contributed by atoms with Crippen LogP contribution >= 0.6 is 12.4 Å². The first kappa shape index (κ1) is 27.3. The summed E-state index contributed by atoms with van der Waals surface area (Å²) in [5.74, 6) is -2.08. The highest BCUT2D eigenvalue weighted by atomic mass is 35.5. The molecule has 3 aromatic rings. The van der Waals surface area contributed by atoms with E-state index in [2.05, 4.69) is 25.2 Å². The fourth-order valence-electron chi connectivity index (χ4n) is 3.89. The molecule has 4 rings (SSSR count). The normalized spacial score (nSPS) is 14.6. The minimum atomic E-state index is -4.70. The van der Waals surface area contributed by atoms with Gasteiger partial charge in [0.25, 0.3) is 5.91 Å². The first-order valence-corrected chi connectivity index (χ1v) is 11.1. The number of anilines is 2. The Kier molecular flexibility index (Phi) is 8.19. The molecule has 0 radical (unpaired) electrons. The summed E-state index contributed by atoms with van der Waals surface area (Å²) >= 11 is 0. The standard InChI is InChI=1S/C23H25F4N7O.ClH/c1-14(2)34-18(13-28-21(34)23(25,26)27)19-17(24)12-29-22(31-19)30-16-6-4-15(5-7-16)20(35)33-10-8-32(3)9-11-33;/h4-7,12-14H,8-11H2,1-3H3,(H,29,30,31);1H. The van der Waals surface area contributed by atoms with Crippen LogP contribution in [0.2, 0.25) is 0 Å². The number of nitrogens with one attached hydrogen (secondary N) is 1. The van der Waals surface area contributed by atoms with E-state index in [9.17, 15) is 22.4 Å². The van der Waals surface area contributed by atoms with Gasteiger partial charge in [-0.1, -0.05) is 0 Å². The number of alkyl halides is 3. The number of hydrogen-bond donors (Lipinski definition) is 1. The van der Waals surface area contributed by atoms with E-state index in [-0.39, 0.29) is 35.7 Å². The maximum atomic E-state index is 14.6. The van der Waals surface area contributed by atoms with Gasteiger partial charge < -0.3 is 19.7 Å². The molecule has 0 spiro atoms. The molecule has 13 heteroatoms. The van der Waals surface area contributed by atoms with E-state index < -0.39 is 23.9 Å². The van der Waals surface area contributed by atoms with Crippen molar-refractivity contribution in [3.05, 3.63) is 53.9 Å². The lowest BCUT2D eigenvalue weighted by molar-refractivity contribution is -0.147. The van der Waals surface area contributed by atoms with Gasteiger partial charge in [0.15, 0.2) is 5.82 Å². The number of nitrogens with zero attached hydrogens (tertiary/aromatic N) is 6. The Labute approximate surface area is 211 Å². The van der Waals surface area contributed by atoms with Gasteiger partial charge in [0, 0.05) is 43.5 Å². The number of hydrogen-bond acceptors (Lipinski definition) is 6. The summed E-state index contributed by atoms with van der Waals surface area (Å²) in [6.45, 7) is 6.04. The van der Waals surface area contributed by atoms with Crippen molar-refractivity contribution < 1.29 is 22.4 Å². The van der Waals surface area contributed by atoms with Gasteiger partial charge in [-0.25, -0.2) is 19.3 Å². The number of benzene rings is 1. The lowest BCUT2D eigenvalue weighted by Crippen LogP contribution is -2.47. The molecule has 8 nitrogen and oxygen atoms in total. The van der Waals surface area contributed by atoms with Gasteiger partial charge in [0.05, 0.1) is 18.1 Å². The summed E-state index contributed by atoms with van der Waals surface area (Å²) in [5.41, 5.74) is 0.650. The van der Waals surface area contributed by atoms with Crippen molar-refractivity contribution in [3.63, 3.8) is 0 Å². The number of carbonyl (C=O) groups excluding carboxylic acids is 1. The van der Waals surface area contributed by atoms with Gasteiger partial charge in [0.1, 0.15) is 5.69 Å². The number of amides is 1. The molecule has 3 heterocycles. The third kappa shape index (κ3) is 5.76. The van der Waals surface area contributed by atoms with E-state index in [0.29, 0.717) is 24.3 Å². The Hall–Kier alpha value is -3.25. The molecule has 1 saturated heterocycles. The highest BCUT2D eigenvalue weighted by Crippen LogP contribution is 2.34. The monoisotopic (exact) mass is 527 g/mol. The molecule has 0 aliphatic carbocycles. The van der Waals surface area contributed by atoms with Crippen LogP contribution in [0.15, 0.2) is 36.7 Å². The van der Waals surface area contributed by atoms with Crippen molar-refractivity contribution in [1.29, 1.82) is 0 Å². The molecule has 1 aliphatic rings. The average Bonchev–Trinajstić information content (AvgIpc) is 3.27. The number of halogens is 5. The third-order valence-corrected chi connectivity index (χ3v) is 5.73. The number of carbonyl (C=O) groups is 1. The highest BCUT2D eigenvalue weighted by Gasteiger charge is 2.38. The van der Waals surface area contributed by atoms with E-state index >= 15 is 0 Å². The van der Waals surface area contributed by atoms with Crippen molar-refractivity contribution in [3.8, 4) is 11.4 Å². The Balaban J connectivity index is 0.00000361. The molecule has 1 aliphatic heterocycles. The zero-order chi connectivity index (χ0) is 25.3. The van der Waals surface area contributed by atoms with Gasteiger partial charge in [-0.3, -0.25) is 4.79 Å². The average molecular weight is 528 g/mol. The summed E-state index contributed by atoms with van der Waals surface area (Å²) in [5, 5.41) is 2.91. The van der Waals surface area contributed by atoms with E-state index in [1.54, 1.807) is 43.0 Å². The summed E-state index contributed by atoms with van der Waals surface area (Å²) in [6.07, 6.45) is -2.85. The van der Waals surface area contributed by atoms with Crippen molar-refractivity contribution in [2.24, 2.45) is 0 Å². The number of aromatic nitrogens is 4. The topological polar surface area (TPSA) is 79.2 Å². The van der Waals surface area contributed by atoms with Crippen molar-refractivity contribution in [1.82, 2.24) is 29.3 Å². The lowest BCUT2D eigenvalue weighted by Gasteiger charge is -2.32. The summed E-state index contributed by atoms with van der Waals surface area (Å²) in [4.78, 5) is 28.1. The molecule has 1 fully saturated rings. The molecule has 36 heavy (non-hydrogen) atoms. The molecule has 0 saturated carbocycles. The fraction of sp³-hybridized carbons (Fsp3) is 0.391. The smallest absolute Gasteiger partial charge is 0.336 e. The Morgan fingerprint density at radius 1 is 1.03 bits per heavy atom. The van der Waals surface area contributed by atoms with Crippen LogP contribution in [-0.4, -0.2) is 68.5 Å². The van der Waals surface area contributed by atoms with Gasteiger partial charge in [-0.15, -0.1) is 12.4 Å². The summed E-state index contributed by atoms with van der Waals surface area (Å²) in [7, 11) is 2.01. The second kappa shape index (κ2) is 10.8. The van der Waals surface area contributed by atoms with Crippen LogP contribution in [0, 0.1) is 5.82 Å². The molecule has 2 aromatic heterocycles. The SMILES string of the molecule is CC(C)n1c(-c2nc(Nc3ccc(C(=O)N4CCN(C)CC4)cc3)ncc2F)cnc1C(F)(F)F.Cl. The number of piperazine rings is 1. The second-order valence-corrected chi connectivity index (χ2v) is 8.62. The molecule has 0 bridgehead atoms. The van der Waals surface area contributed by atoms with E-state index in [1.165, 1.54) is 0 Å². The number of imidazole rings is 1. The Bertz CT molecular complexity index is 1210. The van der Waals surface area contributed by atoms with Gasteiger partial charge >= 0.3 is 6.18 Å². The minimum absolute atomic E-state index is 0. The number of likely N-dealkylation sites (N-methyl/N-ethyl adjacent to an activating group) is 1. The second-order valence-electron chi connectivity index (χ2n) is 8.62. The third-order valence-electron chi connectivity index (χ3n) is 5.73. The fourth-order valence-corrected chi connectivity index (χ4v) is 3.89. The molecule has 0 unspecified atom stereocenters. The van der Waals surface area contributed by atoms with Crippen LogP contribution < -0.4 is 5.32 Å². The predicted octanol–water partition coefficient (Wildman–Crippen LogP) is 4.63. The quantitative estimate of drug-likeness (QED) is 0.487.